The highest BCUT2D eigenvalue weighted by Gasteiger charge is 2.09. The lowest BCUT2D eigenvalue weighted by atomic mass is 10.0. The molecule has 0 saturated carbocycles. The van der Waals surface area contributed by atoms with E-state index in [4.69, 9.17) is 0 Å². The molecule has 96 valence electrons. The van der Waals surface area contributed by atoms with Crippen molar-refractivity contribution < 1.29 is 0 Å². The van der Waals surface area contributed by atoms with Crippen molar-refractivity contribution in [2.24, 2.45) is 0 Å². The molecule has 0 aliphatic rings. The lowest BCUT2D eigenvalue weighted by Gasteiger charge is -2.01. The van der Waals surface area contributed by atoms with E-state index in [0.29, 0.717) is 0 Å². The quantitative estimate of drug-likeness (QED) is 0.578. The van der Waals surface area contributed by atoms with Crippen molar-refractivity contribution in [3.8, 4) is 22.6 Å². The maximum atomic E-state index is 4.43. The molecule has 4 heteroatoms. The van der Waals surface area contributed by atoms with Gasteiger partial charge in [0.25, 0.3) is 0 Å². The van der Waals surface area contributed by atoms with Crippen LogP contribution in [-0.4, -0.2) is 20.2 Å². The monoisotopic (exact) mass is 260 g/mol. The summed E-state index contributed by atoms with van der Waals surface area (Å²) in [5, 5.41) is 8.63. The number of fused-ring (bicyclic) bond motifs is 1. The van der Waals surface area contributed by atoms with E-state index >= 15 is 0 Å². The topological polar surface area (TPSA) is 57.4 Å². The van der Waals surface area contributed by atoms with Gasteiger partial charge in [-0.2, -0.15) is 5.10 Å². The van der Waals surface area contributed by atoms with E-state index in [-0.39, 0.29) is 0 Å². The second-order valence-corrected chi connectivity index (χ2v) is 4.64. The zero-order valence-corrected chi connectivity index (χ0v) is 10.7. The van der Waals surface area contributed by atoms with Gasteiger partial charge in [0.15, 0.2) is 0 Å². The third-order valence-electron chi connectivity index (χ3n) is 3.38. The molecule has 0 fully saturated rings. The Kier molecular flexibility index (Phi) is 2.39. The number of hydrogen-bond acceptors (Lipinski definition) is 2. The molecule has 2 heterocycles. The molecule has 0 spiro atoms. The van der Waals surface area contributed by atoms with Crippen molar-refractivity contribution >= 4 is 10.9 Å². The molecule has 2 aromatic carbocycles. The second kappa shape index (κ2) is 4.35. The third-order valence-corrected chi connectivity index (χ3v) is 3.38. The molecule has 0 aliphatic carbocycles. The molecule has 4 nitrogen and oxygen atoms in total. The Morgan fingerprint density at radius 2 is 1.80 bits per heavy atom. The molecule has 0 amide bonds. The minimum Gasteiger partial charge on any atom is -0.345 e. The van der Waals surface area contributed by atoms with Gasteiger partial charge in [0.2, 0.25) is 0 Å². The van der Waals surface area contributed by atoms with E-state index in [1.807, 2.05) is 36.5 Å². The van der Waals surface area contributed by atoms with Crippen LogP contribution in [-0.2, 0) is 0 Å². The zero-order chi connectivity index (χ0) is 13.4. The molecule has 0 radical (unpaired) electrons. The maximum Gasteiger partial charge on any atom is 0.137 e. The number of imidazole rings is 1. The summed E-state index contributed by atoms with van der Waals surface area (Å²) in [7, 11) is 0. The van der Waals surface area contributed by atoms with Gasteiger partial charge in [0.1, 0.15) is 5.82 Å². The highest BCUT2D eigenvalue weighted by molar-refractivity contribution is 5.93. The summed E-state index contributed by atoms with van der Waals surface area (Å²) >= 11 is 0. The van der Waals surface area contributed by atoms with Gasteiger partial charge in [-0.1, -0.05) is 36.4 Å². The number of rotatable bonds is 2. The molecule has 20 heavy (non-hydrogen) atoms. The van der Waals surface area contributed by atoms with Crippen LogP contribution in [0.1, 0.15) is 0 Å². The predicted octanol–water partition coefficient (Wildman–Crippen LogP) is 3.62. The van der Waals surface area contributed by atoms with Gasteiger partial charge in [-0.25, -0.2) is 4.98 Å². The Hall–Kier alpha value is -2.88. The van der Waals surface area contributed by atoms with Gasteiger partial charge in [-0.15, -0.1) is 0 Å². The SMILES string of the molecule is c1cc(-c2ncc[nH]2)cc(-c2n[nH]c3ccccc23)c1. The van der Waals surface area contributed by atoms with Crippen molar-refractivity contribution in [2.75, 3.05) is 0 Å². The van der Waals surface area contributed by atoms with Crippen molar-refractivity contribution in [1.82, 2.24) is 20.2 Å². The summed E-state index contributed by atoms with van der Waals surface area (Å²) in [6.07, 6.45) is 3.58. The van der Waals surface area contributed by atoms with Crippen LogP contribution in [0.5, 0.6) is 0 Å². The first-order valence-corrected chi connectivity index (χ1v) is 6.45. The zero-order valence-electron chi connectivity index (χ0n) is 10.7. The molecule has 0 atom stereocenters. The Balaban J connectivity index is 1.88. The smallest absolute Gasteiger partial charge is 0.137 e. The van der Waals surface area contributed by atoms with E-state index in [2.05, 4.69) is 38.4 Å². The molecule has 4 aromatic rings. The predicted molar refractivity (Wildman–Crippen MR) is 79.1 cm³/mol. The van der Waals surface area contributed by atoms with Crippen LogP contribution in [0.25, 0.3) is 33.5 Å². The van der Waals surface area contributed by atoms with Crippen LogP contribution >= 0.6 is 0 Å². The fraction of sp³-hybridized carbons (Fsp3) is 0. The largest absolute Gasteiger partial charge is 0.345 e. The van der Waals surface area contributed by atoms with Gasteiger partial charge >= 0.3 is 0 Å². The van der Waals surface area contributed by atoms with Crippen molar-refractivity contribution in [1.29, 1.82) is 0 Å². The summed E-state index contributed by atoms with van der Waals surface area (Å²) in [5.74, 6) is 0.867. The lowest BCUT2D eigenvalue weighted by Crippen LogP contribution is -1.83. The lowest BCUT2D eigenvalue weighted by molar-refractivity contribution is 1.12. The fourth-order valence-corrected chi connectivity index (χ4v) is 2.42. The number of nitrogens with zero attached hydrogens (tertiary/aromatic N) is 2. The van der Waals surface area contributed by atoms with E-state index in [0.717, 1.165) is 33.5 Å². The second-order valence-electron chi connectivity index (χ2n) is 4.64. The average molecular weight is 260 g/mol. The first-order chi connectivity index (χ1) is 9.92. The van der Waals surface area contributed by atoms with Crippen LogP contribution in [0, 0.1) is 0 Å². The molecular weight excluding hydrogens is 248 g/mol. The van der Waals surface area contributed by atoms with E-state index < -0.39 is 0 Å². The van der Waals surface area contributed by atoms with Crippen molar-refractivity contribution in [3.63, 3.8) is 0 Å². The molecule has 2 aromatic heterocycles. The van der Waals surface area contributed by atoms with E-state index in [1.54, 1.807) is 6.20 Å². The van der Waals surface area contributed by atoms with Gasteiger partial charge in [-0.05, 0) is 12.1 Å². The number of H-pyrrole nitrogens is 2. The minimum absolute atomic E-state index is 0.867. The number of nitrogens with one attached hydrogen (secondary N) is 2. The van der Waals surface area contributed by atoms with Crippen molar-refractivity contribution in [3.05, 3.63) is 60.9 Å². The van der Waals surface area contributed by atoms with E-state index in [9.17, 15) is 0 Å². The number of aromatic amines is 2. The standard InChI is InChI=1S/C16H12N4/c1-2-7-14-13(6-1)15(20-19-14)11-4-3-5-12(10-11)16-17-8-9-18-16/h1-10H,(H,17,18)(H,19,20). The fourth-order valence-electron chi connectivity index (χ4n) is 2.42. The first-order valence-electron chi connectivity index (χ1n) is 6.45. The van der Waals surface area contributed by atoms with Gasteiger partial charge in [-0.3, -0.25) is 5.10 Å². The Morgan fingerprint density at radius 3 is 2.70 bits per heavy atom. The summed E-state index contributed by atoms with van der Waals surface area (Å²) in [5.41, 5.74) is 4.15. The number of hydrogen-bond donors (Lipinski definition) is 2. The molecule has 0 unspecified atom stereocenters. The van der Waals surface area contributed by atoms with Crippen LogP contribution in [0.15, 0.2) is 60.9 Å². The van der Waals surface area contributed by atoms with Crippen molar-refractivity contribution in [2.45, 2.75) is 0 Å². The Labute approximate surface area is 115 Å². The minimum atomic E-state index is 0.867. The average Bonchev–Trinajstić information content (AvgIpc) is 3.17. The van der Waals surface area contributed by atoms with Gasteiger partial charge in [0.05, 0.1) is 11.2 Å². The third kappa shape index (κ3) is 1.70. The van der Waals surface area contributed by atoms with Crippen LogP contribution in [0.3, 0.4) is 0 Å². The maximum absolute atomic E-state index is 4.43. The number of para-hydroxylation sites is 1. The van der Waals surface area contributed by atoms with Gasteiger partial charge in [0, 0.05) is 28.9 Å². The highest BCUT2D eigenvalue weighted by Crippen LogP contribution is 2.28. The number of aromatic nitrogens is 4. The summed E-state index contributed by atoms with van der Waals surface area (Å²) < 4.78 is 0. The van der Waals surface area contributed by atoms with Crippen LogP contribution < -0.4 is 0 Å². The summed E-state index contributed by atoms with van der Waals surface area (Å²) in [6, 6.07) is 16.4. The van der Waals surface area contributed by atoms with Crippen LogP contribution in [0.2, 0.25) is 0 Å². The Morgan fingerprint density at radius 1 is 0.900 bits per heavy atom. The van der Waals surface area contributed by atoms with Crippen LogP contribution in [0.4, 0.5) is 0 Å². The van der Waals surface area contributed by atoms with Gasteiger partial charge < -0.3 is 4.98 Å². The Bertz CT molecular complexity index is 859. The summed E-state index contributed by atoms with van der Waals surface area (Å²) in [6.45, 7) is 0. The van der Waals surface area contributed by atoms with E-state index in [1.165, 1.54) is 0 Å². The number of benzene rings is 2. The summed E-state index contributed by atoms with van der Waals surface area (Å²) in [4.78, 5) is 7.41. The molecule has 0 saturated heterocycles. The normalized spacial score (nSPS) is 11.0. The molecule has 0 aliphatic heterocycles. The molecule has 4 rings (SSSR count). The molecular formula is C16H12N4. The molecule has 2 N–H and O–H groups in total. The molecule has 0 bridgehead atoms. The first kappa shape index (κ1) is 11.0. The highest BCUT2D eigenvalue weighted by atomic mass is 15.1.